The first-order chi connectivity index (χ1) is 7.84. The van der Waals surface area contributed by atoms with Crippen LogP contribution in [-0.4, -0.2) is 20.4 Å². The second kappa shape index (κ2) is 2.99. The molecular formula is C12H16N4. The van der Waals surface area contributed by atoms with Gasteiger partial charge in [-0.1, -0.05) is 0 Å². The predicted octanol–water partition coefficient (Wildman–Crippen LogP) is 1.73. The fourth-order valence-electron chi connectivity index (χ4n) is 4.80. The quantitative estimate of drug-likeness (QED) is 0.717. The zero-order valence-electron chi connectivity index (χ0n) is 9.34. The summed E-state index contributed by atoms with van der Waals surface area (Å²) in [5, 5.41) is 16.3. The molecule has 0 radical (unpaired) electrons. The van der Waals surface area contributed by atoms with Gasteiger partial charge in [-0.15, -0.1) is 20.4 Å². The second-order valence-electron chi connectivity index (χ2n) is 6.07. The molecule has 0 spiro atoms. The Morgan fingerprint density at radius 3 is 1.88 bits per heavy atom. The van der Waals surface area contributed by atoms with Crippen LogP contribution in [0.15, 0.2) is 6.33 Å². The summed E-state index contributed by atoms with van der Waals surface area (Å²) in [4.78, 5) is 0. The van der Waals surface area contributed by atoms with Crippen LogP contribution in [0.2, 0.25) is 0 Å². The van der Waals surface area contributed by atoms with E-state index in [0.29, 0.717) is 0 Å². The van der Waals surface area contributed by atoms with Crippen molar-refractivity contribution in [3.05, 3.63) is 12.2 Å². The van der Waals surface area contributed by atoms with E-state index in [2.05, 4.69) is 20.4 Å². The fourth-order valence-corrected chi connectivity index (χ4v) is 4.80. The lowest BCUT2D eigenvalue weighted by atomic mass is 9.49. The van der Waals surface area contributed by atoms with Crippen LogP contribution in [0.25, 0.3) is 0 Å². The maximum Gasteiger partial charge on any atom is 0.179 e. The van der Waals surface area contributed by atoms with E-state index < -0.39 is 0 Å². The third kappa shape index (κ3) is 1.16. The largest absolute Gasteiger partial charge is 0.179 e. The summed E-state index contributed by atoms with van der Waals surface area (Å²) < 4.78 is 0. The summed E-state index contributed by atoms with van der Waals surface area (Å²) >= 11 is 0. The molecule has 5 rings (SSSR count). The molecule has 0 N–H and O–H groups in total. The van der Waals surface area contributed by atoms with Crippen LogP contribution in [0.4, 0.5) is 0 Å². The van der Waals surface area contributed by atoms with E-state index >= 15 is 0 Å². The van der Waals surface area contributed by atoms with Crippen LogP contribution >= 0.6 is 0 Å². The summed E-state index contributed by atoms with van der Waals surface area (Å²) in [7, 11) is 0. The van der Waals surface area contributed by atoms with E-state index in [4.69, 9.17) is 0 Å². The van der Waals surface area contributed by atoms with Crippen LogP contribution in [0, 0.1) is 17.8 Å². The van der Waals surface area contributed by atoms with Crippen LogP contribution in [0.1, 0.15) is 44.3 Å². The van der Waals surface area contributed by atoms with Crippen molar-refractivity contribution in [2.75, 3.05) is 0 Å². The van der Waals surface area contributed by atoms with Gasteiger partial charge in [-0.3, -0.25) is 0 Å². The molecule has 4 heteroatoms. The molecule has 4 saturated carbocycles. The van der Waals surface area contributed by atoms with Gasteiger partial charge in [0, 0.05) is 5.41 Å². The van der Waals surface area contributed by atoms with Gasteiger partial charge in [-0.2, -0.15) is 0 Å². The normalized spacial score (nSPS) is 44.9. The molecule has 4 aliphatic rings. The van der Waals surface area contributed by atoms with E-state index in [0.717, 1.165) is 23.6 Å². The highest BCUT2D eigenvalue weighted by Crippen LogP contribution is 2.59. The van der Waals surface area contributed by atoms with Crippen molar-refractivity contribution in [3.63, 3.8) is 0 Å². The molecule has 4 aliphatic carbocycles. The summed E-state index contributed by atoms with van der Waals surface area (Å²) in [5.74, 6) is 3.70. The standard InChI is InChI=1S/C12H16N4/c1-8-2-10-3-9(1)5-12(4-8,6-10)11-15-13-7-14-16-11/h7-10H,1-6H2. The van der Waals surface area contributed by atoms with Gasteiger partial charge in [0.2, 0.25) is 0 Å². The minimum absolute atomic E-state index is 0.246. The second-order valence-corrected chi connectivity index (χ2v) is 6.07. The maximum atomic E-state index is 4.25. The van der Waals surface area contributed by atoms with Crippen LogP contribution in [-0.2, 0) is 5.41 Å². The average molecular weight is 216 g/mol. The highest BCUT2D eigenvalue weighted by molar-refractivity contribution is 5.15. The lowest BCUT2D eigenvalue weighted by Gasteiger charge is -2.55. The van der Waals surface area contributed by atoms with Gasteiger partial charge >= 0.3 is 0 Å². The smallest absolute Gasteiger partial charge is 0.135 e. The monoisotopic (exact) mass is 216 g/mol. The van der Waals surface area contributed by atoms with Crippen molar-refractivity contribution < 1.29 is 0 Å². The molecule has 4 nitrogen and oxygen atoms in total. The van der Waals surface area contributed by atoms with E-state index in [1.807, 2.05) is 0 Å². The first-order valence-electron chi connectivity index (χ1n) is 6.35. The molecule has 0 amide bonds. The highest BCUT2D eigenvalue weighted by atomic mass is 15.3. The number of hydrogen-bond donors (Lipinski definition) is 0. The van der Waals surface area contributed by atoms with Gasteiger partial charge in [-0.05, 0) is 56.3 Å². The minimum Gasteiger partial charge on any atom is -0.135 e. The number of aromatic nitrogens is 4. The molecule has 1 aromatic heterocycles. The Labute approximate surface area is 94.9 Å². The Balaban J connectivity index is 1.77. The first-order valence-corrected chi connectivity index (χ1v) is 6.35. The van der Waals surface area contributed by atoms with Gasteiger partial charge in [0.1, 0.15) is 0 Å². The molecule has 0 saturated heterocycles. The maximum absolute atomic E-state index is 4.25. The van der Waals surface area contributed by atoms with Gasteiger partial charge < -0.3 is 0 Å². The first kappa shape index (κ1) is 9.02. The van der Waals surface area contributed by atoms with Gasteiger partial charge in [0.15, 0.2) is 12.2 Å². The SMILES string of the molecule is c1nnc(C23CC4CC(CC(C4)C2)C3)nn1. The Kier molecular flexibility index (Phi) is 1.69. The fraction of sp³-hybridized carbons (Fsp3) is 0.833. The van der Waals surface area contributed by atoms with E-state index in [-0.39, 0.29) is 5.41 Å². The van der Waals surface area contributed by atoms with Crippen molar-refractivity contribution >= 4 is 0 Å². The summed E-state index contributed by atoms with van der Waals surface area (Å²) in [5.41, 5.74) is 0.246. The predicted molar refractivity (Wildman–Crippen MR) is 57.5 cm³/mol. The van der Waals surface area contributed by atoms with Gasteiger partial charge in [0.05, 0.1) is 0 Å². The molecule has 84 valence electrons. The third-order valence-electron chi connectivity index (χ3n) is 4.92. The van der Waals surface area contributed by atoms with Crippen molar-refractivity contribution in [3.8, 4) is 0 Å². The van der Waals surface area contributed by atoms with Crippen molar-refractivity contribution in [1.82, 2.24) is 20.4 Å². The Hall–Kier alpha value is -1.06. The minimum atomic E-state index is 0.246. The van der Waals surface area contributed by atoms with Crippen molar-refractivity contribution in [2.24, 2.45) is 17.8 Å². The summed E-state index contributed by atoms with van der Waals surface area (Å²) in [6.45, 7) is 0. The lowest BCUT2D eigenvalue weighted by molar-refractivity contribution is -0.0104. The van der Waals surface area contributed by atoms with Crippen molar-refractivity contribution in [2.45, 2.75) is 43.9 Å². The number of nitrogens with zero attached hydrogens (tertiary/aromatic N) is 4. The highest BCUT2D eigenvalue weighted by Gasteiger charge is 2.53. The zero-order valence-corrected chi connectivity index (χ0v) is 9.34. The van der Waals surface area contributed by atoms with Crippen molar-refractivity contribution in [1.29, 1.82) is 0 Å². The van der Waals surface area contributed by atoms with E-state index in [1.54, 1.807) is 0 Å². The molecule has 0 aliphatic heterocycles. The summed E-state index contributed by atoms with van der Waals surface area (Å²) in [6, 6.07) is 0. The van der Waals surface area contributed by atoms with E-state index in [9.17, 15) is 0 Å². The molecule has 4 fully saturated rings. The number of hydrogen-bond acceptors (Lipinski definition) is 4. The van der Waals surface area contributed by atoms with Crippen LogP contribution in [0.5, 0.6) is 0 Å². The summed E-state index contributed by atoms with van der Waals surface area (Å²) in [6.07, 6.45) is 9.64. The molecular weight excluding hydrogens is 200 g/mol. The molecule has 16 heavy (non-hydrogen) atoms. The van der Waals surface area contributed by atoms with Gasteiger partial charge in [-0.25, -0.2) is 0 Å². The Bertz CT molecular complexity index is 367. The third-order valence-corrected chi connectivity index (χ3v) is 4.92. The van der Waals surface area contributed by atoms with Gasteiger partial charge in [0.25, 0.3) is 0 Å². The van der Waals surface area contributed by atoms with Crippen LogP contribution in [0.3, 0.4) is 0 Å². The molecule has 1 aromatic rings. The molecule has 0 atom stereocenters. The van der Waals surface area contributed by atoms with Crippen LogP contribution < -0.4 is 0 Å². The molecule has 0 aromatic carbocycles. The lowest BCUT2D eigenvalue weighted by Crippen LogP contribution is -2.49. The molecule has 4 bridgehead atoms. The Morgan fingerprint density at radius 1 is 0.875 bits per heavy atom. The molecule has 1 heterocycles. The number of rotatable bonds is 1. The average Bonchev–Trinajstić information content (AvgIpc) is 2.28. The molecule has 0 unspecified atom stereocenters. The zero-order chi connectivity index (χ0) is 10.6. The van der Waals surface area contributed by atoms with E-state index in [1.165, 1.54) is 44.9 Å². The topological polar surface area (TPSA) is 51.6 Å². The Morgan fingerprint density at radius 2 is 1.38 bits per heavy atom.